The van der Waals surface area contributed by atoms with E-state index in [0.29, 0.717) is 5.56 Å². The fourth-order valence-corrected chi connectivity index (χ4v) is 2.98. The molecule has 0 radical (unpaired) electrons. The highest BCUT2D eigenvalue weighted by Crippen LogP contribution is 2.30. The molecule has 0 aliphatic carbocycles. The smallest absolute Gasteiger partial charge is 0.154 e. The Labute approximate surface area is 110 Å². The van der Waals surface area contributed by atoms with Crippen molar-refractivity contribution >= 4 is 18.0 Å². The molecule has 94 valence electrons. The molecule has 0 fully saturated rings. The molecule has 2 rings (SSSR count). The molecule has 0 N–H and O–H groups in total. The molecule has 5 heteroatoms. The van der Waals surface area contributed by atoms with Crippen LogP contribution in [0.25, 0.3) is 0 Å². The molecule has 0 amide bonds. The zero-order chi connectivity index (χ0) is 13.3. The average molecular weight is 261 g/mol. The summed E-state index contributed by atoms with van der Waals surface area (Å²) in [6, 6.07) is 4.04. The van der Waals surface area contributed by atoms with E-state index in [1.54, 1.807) is 4.68 Å². The number of nitrogens with zero attached hydrogens (tertiary/aromatic N) is 3. The maximum atomic E-state index is 11.1. The molecule has 0 atom stereocenters. The van der Waals surface area contributed by atoms with Crippen molar-refractivity contribution in [2.24, 2.45) is 7.05 Å². The number of carbonyl (C=O) groups is 1. The Balaban J connectivity index is 2.42. The fourth-order valence-electron chi connectivity index (χ4n) is 1.87. The molecule has 4 nitrogen and oxygen atoms in total. The zero-order valence-electron chi connectivity index (χ0n) is 10.9. The first kappa shape index (κ1) is 12.8. The van der Waals surface area contributed by atoms with Gasteiger partial charge < -0.3 is 0 Å². The van der Waals surface area contributed by atoms with Crippen molar-refractivity contribution < 1.29 is 4.79 Å². The summed E-state index contributed by atoms with van der Waals surface area (Å²) < 4.78 is 1.73. The third-order valence-corrected chi connectivity index (χ3v) is 3.70. The van der Waals surface area contributed by atoms with Crippen molar-refractivity contribution in [1.29, 1.82) is 0 Å². The number of aryl methyl sites for hydroxylation is 4. The van der Waals surface area contributed by atoms with E-state index in [1.165, 1.54) is 11.8 Å². The predicted octanol–water partition coefficient (Wildman–Crippen LogP) is 2.70. The second kappa shape index (κ2) is 4.94. The Morgan fingerprint density at radius 2 is 2.00 bits per heavy atom. The molecule has 2 aromatic rings. The maximum Gasteiger partial charge on any atom is 0.154 e. The van der Waals surface area contributed by atoms with Crippen LogP contribution in [0.2, 0.25) is 0 Å². The Morgan fingerprint density at radius 3 is 2.61 bits per heavy atom. The molecule has 0 aliphatic rings. The summed E-state index contributed by atoms with van der Waals surface area (Å²) in [4.78, 5) is 15.6. The molecular weight excluding hydrogens is 246 g/mol. The maximum absolute atomic E-state index is 11.1. The summed E-state index contributed by atoms with van der Waals surface area (Å²) in [5.74, 6) is 0. The fraction of sp³-hybridized carbons (Fsp3) is 0.308. The monoisotopic (exact) mass is 261 g/mol. The molecule has 0 aromatic carbocycles. The van der Waals surface area contributed by atoms with E-state index in [9.17, 15) is 4.79 Å². The first-order valence-electron chi connectivity index (χ1n) is 5.63. The minimum Gasteiger partial charge on any atom is -0.298 e. The van der Waals surface area contributed by atoms with Gasteiger partial charge in [-0.25, -0.2) is 4.98 Å². The molecule has 0 spiro atoms. The Morgan fingerprint density at radius 1 is 1.28 bits per heavy atom. The van der Waals surface area contributed by atoms with Gasteiger partial charge in [0.25, 0.3) is 0 Å². The number of aromatic nitrogens is 3. The van der Waals surface area contributed by atoms with Crippen LogP contribution >= 0.6 is 11.8 Å². The quantitative estimate of drug-likeness (QED) is 0.797. The average Bonchev–Trinajstić information content (AvgIpc) is 2.52. The predicted molar refractivity (Wildman–Crippen MR) is 71.2 cm³/mol. The van der Waals surface area contributed by atoms with Gasteiger partial charge in [-0.05, 0) is 50.2 Å². The Hall–Kier alpha value is -1.62. The van der Waals surface area contributed by atoms with Gasteiger partial charge in [0.05, 0.1) is 11.3 Å². The first-order valence-corrected chi connectivity index (χ1v) is 6.45. The minimum absolute atomic E-state index is 0.642. The molecule has 2 heterocycles. The standard InChI is InChI=1S/C13H15N3OS/c1-8-5-9(2)14-12(6-8)18-13-11(7-17)10(3)15-16(13)4/h5-7H,1-4H3. The number of hydrogen-bond acceptors (Lipinski definition) is 4. The second-order valence-electron chi connectivity index (χ2n) is 4.27. The lowest BCUT2D eigenvalue weighted by atomic mass is 10.3. The van der Waals surface area contributed by atoms with Crippen molar-refractivity contribution in [3.63, 3.8) is 0 Å². The van der Waals surface area contributed by atoms with Gasteiger partial charge in [-0.1, -0.05) is 0 Å². The van der Waals surface area contributed by atoms with Gasteiger partial charge in [0.2, 0.25) is 0 Å². The minimum atomic E-state index is 0.642. The van der Waals surface area contributed by atoms with E-state index in [1.807, 2.05) is 40.0 Å². The highest BCUT2D eigenvalue weighted by Gasteiger charge is 2.14. The van der Waals surface area contributed by atoms with E-state index < -0.39 is 0 Å². The summed E-state index contributed by atoms with van der Waals surface area (Å²) in [6.07, 6.45) is 0.854. The second-order valence-corrected chi connectivity index (χ2v) is 5.28. The van der Waals surface area contributed by atoms with Crippen molar-refractivity contribution in [2.75, 3.05) is 0 Å². The van der Waals surface area contributed by atoms with E-state index in [0.717, 1.165) is 33.3 Å². The van der Waals surface area contributed by atoms with E-state index >= 15 is 0 Å². The molecule has 2 aromatic heterocycles. The molecule has 0 aliphatic heterocycles. The van der Waals surface area contributed by atoms with Crippen LogP contribution in [0.15, 0.2) is 22.2 Å². The van der Waals surface area contributed by atoms with Crippen LogP contribution in [0.4, 0.5) is 0 Å². The van der Waals surface area contributed by atoms with E-state index in [2.05, 4.69) is 10.1 Å². The summed E-state index contributed by atoms with van der Waals surface area (Å²) in [5, 5.41) is 5.98. The SMILES string of the molecule is Cc1cc(C)nc(Sc2c(C=O)c(C)nn2C)c1. The van der Waals surface area contributed by atoms with Crippen molar-refractivity contribution in [3.05, 3.63) is 34.6 Å². The number of pyridine rings is 1. The highest BCUT2D eigenvalue weighted by molar-refractivity contribution is 7.99. The van der Waals surface area contributed by atoms with Crippen LogP contribution < -0.4 is 0 Å². The summed E-state index contributed by atoms with van der Waals surface area (Å²) in [6.45, 7) is 5.84. The van der Waals surface area contributed by atoms with E-state index in [4.69, 9.17) is 0 Å². The summed E-state index contributed by atoms with van der Waals surface area (Å²) >= 11 is 1.47. The number of carbonyl (C=O) groups excluding carboxylic acids is 1. The first-order chi connectivity index (χ1) is 8.51. The third-order valence-electron chi connectivity index (χ3n) is 2.61. The lowest BCUT2D eigenvalue weighted by molar-refractivity contribution is 0.112. The molecule has 0 bridgehead atoms. The molecule has 0 saturated heterocycles. The van der Waals surface area contributed by atoms with Crippen molar-refractivity contribution in [1.82, 2.24) is 14.8 Å². The number of rotatable bonds is 3. The lowest BCUT2D eigenvalue weighted by Crippen LogP contribution is -1.95. The van der Waals surface area contributed by atoms with Gasteiger partial charge in [0.15, 0.2) is 6.29 Å². The molecule has 0 saturated carbocycles. The number of aldehydes is 1. The van der Waals surface area contributed by atoms with Crippen LogP contribution in [0, 0.1) is 20.8 Å². The van der Waals surface area contributed by atoms with Gasteiger partial charge in [-0.2, -0.15) is 5.10 Å². The van der Waals surface area contributed by atoms with E-state index in [-0.39, 0.29) is 0 Å². The van der Waals surface area contributed by atoms with Gasteiger partial charge in [0.1, 0.15) is 10.1 Å². The lowest BCUT2D eigenvalue weighted by Gasteiger charge is -2.04. The summed E-state index contributed by atoms with van der Waals surface area (Å²) in [5.41, 5.74) is 3.53. The van der Waals surface area contributed by atoms with Crippen molar-refractivity contribution in [3.8, 4) is 0 Å². The van der Waals surface area contributed by atoms with Crippen LogP contribution in [0.1, 0.15) is 27.3 Å². The topological polar surface area (TPSA) is 47.8 Å². The van der Waals surface area contributed by atoms with Gasteiger partial charge in [-0.3, -0.25) is 9.48 Å². The summed E-state index contributed by atoms with van der Waals surface area (Å²) in [7, 11) is 1.84. The zero-order valence-corrected chi connectivity index (χ0v) is 11.7. The van der Waals surface area contributed by atoms with Crippen LogP contribution in [0.3, 0.4) is 0 Å². The normalized spacial score (nSPS) is 10.7. The molecule has 0 unspecified atom stereocenters. The largest absolute Gasteiger partial charge is 0.298 e. The Kier molecular flexibility index (Phi) is 3.52. The number of hydrogen-bond donors (Lipinski definition) is 0. The van der Waals surface area contributed by atoms with Gasteiger partial charge in [-0.15, -0.1) is 0 Å². The van der Waals surface area contributed by atoms with Crippen molar-refractivity contribution in [2.45, 2.75) is 30.8 Å². The van der Waals surface area contributed by atoms with Gasteiger partial charge in [0, 0.05) is 12.7 Å². The Bertz CT molecular complexity index is 584. The van der Waals surface area contributed by atoms with Gasteiger partial charge >= 0.3 is 0 Å². The third kappa shape index (κ3) is 2.46. The molecule has 18 heavy (non-hydrogen) atoms. The van der Waals surface area contributed by atoms with Crippen LogP contribution in [-0.2, 0) is 7.05 Å². The highest BCUT2D eigenvalue weighted by atomic mass is 32.2. The van der Waals surface area contributed by atoms with Crippen LogP contribution in [0.5, 0.6) is 0 Å². The molecular formula is C13H15N3OS. The van der Waals surface area contributed by atoms with Crippen LogP contribution in [-0.4, -0.2) is 21.1 Å².